The number of nitrogens with zero attached hydrogens (tertiary/aromatic N) is 2. The van der Waals surface area contributed by atoms with Crippen LogP contribution >= 0.6 is 0 Å². The highest BCUT2D eigenvalue weighted by Gasteiger charge is 2.07. The molecule has 13 heavy (non-hydrogen) atoms. The molecule has 6 heteroatoms. The van der Waals surface area contributed by atoms with E-state index in [0.29, 0.717) is 11.4 Å². The zero-order valence-electron chi connectivity index (χ0n) is 6.52. The summed E-state index contributed by atoms with van der Waals surface area (Å²) in [5.41, 5.74) is 0.447. The molecule has 6 nitrogen and oxygen atoms in total. The molecule has 0 atom stereocenters. The van der Waals surface area contributed by atoms with Crippen LogP contribution in [0.4, 0.5) is 5.82 Å². The van der Waals surface area contributed by atoms with Crippen LogP contribution in [0.2, 0.25) is 0 Å². The molecule has 2 aromatic heterocycles. The van der Waals surface area contributed by atoms with Gasteiger partial charge in [-0.05, 0) is 0 Å². The number of hydrogen-bond donors (Lipinski definition) is 2. The van der Waals surface area contributed by atoms with Crippen LogP contribution in [0.25, 0.3) is 0 Å². The van der Waals surface area contributed by atoms with Crippen molar-refractivity contribution in [2.75, 3.05) is 5.32 Å². The molecule has 1 amide bonds. The van der Waals surface area contributed by atoms with E-state index in [1.807, 2.05) is 0 Å². The number of hydrogen-bond acceptors (Lipinski definition) is 4. The summed E-state index contributed by atoms with van der Waals surface area (Å²) in [6.45, 7) is 0. The van der Waals surface area contributed by atoms with E-state index in [0.717, 1.165) is 0 Å². The predicted octanol–water partition coefficient (Wildman–Crippen LogP) is 0.650. The molecular weight excluding hydrogens is 172 g/mol. The highest BCUT2D eigenvalue weighted by molar-refractivity contribution is 6.03. The Morgan fingerprint density at radius 1 is 1.62 bits per heavy atom. The number of carbonyl (C=O) groups is 1. The first-order valence-corrected chi connectivity index (χ1v) is 3.57. The lowest BCUT2D eigenvalue weighted by Gasteiger charge is -1.95. The van der Waals surface area contributed by atoms with Gasteiger partial charge < -0.3 is 9.84 Å². The average Bonchev–Trinajstić information content (AvgIpc) is 2.74. The maximum Gasteiger partial charge on any atom is 0.260 e. The minimum absolute atomic E-state index is 0.275. The van der Waals surface area contributed by atoms with Crippen molar-refractivity contribution in [2.24, 2.45) is 0 Å². The lowest BCUT2D eigenvalue weighted by atomic mass is 10.3. The van der Waals surface area contributed by atoms with E-state index in [2.05, 4.69) is 25.2 Å². The second-order valence-corrected chi connectivity index (χ2v) is 2.33. The topological polar surface area (TPSA) is 83.8 Å². The van der Waals surface area contributed by atoms with Gasteiger partial charge in [0.15, 0.2) is 5.82 Å². The summed E-state index contributed by atoms with van der Waals surface area (Å²) in [4.78, 5) is 11.3. The highest BCUT2D eigenvalue weighted by Crippen LogP contribution is 2.04. The Bertz CT molecular complexity index is 379. The van der Waals surface area contributed by atoms with E-state index in [-0.39, 0.29) is 5.91 Å². The van der Waals surface area contributed by atoms with Crippen LogP contribution in [0.15, 0.2) is 29.2 Å². The lowest BCUT2D eigenvalue weighted by Crippen LogP contribution is -2.10. The molecule has 66 valence electrons. The molecule has 0 aromatic carbocycles. The molecule has 0 saturated heterocycles. The fraction of sp³-hybridized carbons (Fsp3) is 0. The van der Waals surface area contributed by atoms with Gasteiger partial charge in [0.1, 0.15) is 6.26 Å². The molecule has 2 heterocycles. The van der Waals surface area contributed by atoms with E-state index < -0.39 is 0 Å². The van der Waals surface area contributed by atoms with Gasteiger partial charge in [-0.1, -0.05) is 5.16 Å². The van der Waals surface area contributed by atoms with Crippen molar-refractivity contribution in [3.63, 3.8) is 0 Å². The molecule has 2 aromatic rings. The summed E-state index contributed by atoms with van der Waals surface area (Å²) >= 11 is 0. The Labute approximate surface area is 72.9 Å². The van der Waals surface area contributed by atoms with Crippen LogP contribution in [0.5, 0.6) is 0 Å². The Morgan fingerprint density at radius 2 is 2.54 bits per heavy atom. The second-order valence-electron chi connectivity index (χ2n) is 2.33. The van der Waals surface area contributed by atoms with Gasteiger partial charge in [0.2, 0.25) is 0 Å². The third-order valence-corrected chi connectivity index (χ3v) is 1.44. The van der Waals surface area contributed by atoms with Crippen LogP contribution in [-0.2, 0) is 0 Å². The van der Waals surface area contributed by atoms with Crippen LogP contribution in [0.1, 0.15) is 10.4 Å². The van der Waals surface area contributed by atoms with Crippen molar-refractivity contribution in [3.05, 3.63) is 30.3 Å². The number of anilines is 1. The molecular formula is C7H6N4O2. The molecule has 0 radical (unpaired) electrons. The maximum absolute atomic E-state index is 11.3. The molecule has 2 N–H and O–H groups in total. The first-order valence-electron chi connectivity index (χ1n) is 3.57. The summed E-state index contributed by atoms with van der Waals surface area (Å²) < 4.78 is 4.54. The van der Waals surface area contributed by atoms with Crippen LogP contribution in [-0.4, -0.2) is 21.3 Å². The van der Waals surface area contributed by atoms with Gasteiger partial charge in [0.05, 0.1) is 11.8 Å². The normalized spacial score (nSPS) is 9.85. The molecule has 0 fully saturated rings. The van der Waals surface area contributed by atoms with Gasteiger partial charge in [0, 0.05) is 12.3 Å². The number of H-pyrrole nitrogens is 1. The molecule has 0 spiro atoms. The number of aromatic amines is 1. The highest BCUT2D eigenvalue weighted by atomic mass is 16.5. The van der Waals surface area contributed by atoms with Gasteiger partial charge in [-0.15, -0.1) is 0 Å². The molecule has 2 rings (SSSR count). The summed E-state index contributed by atoms with van der Waals surface area (Å²) in [6.07, 6.45) is 4.30. The summed E-state index contributed by atoms with van der Waals surface area (Å²) in [7, 11) is 0. The standard InChI is InChI=1S/C7H6N4O2/c12-7(5-3-8-9-4-5)10-6-1-2-13-11-6/h1-4H,(H,8,9)(H,10,11,12). The Morgan fingerprint density at radius 3 is 3.15 bits per heavy atom. The number of aromatic nitrogens is 3. The van der Waals surface area contributed by atoms with Crippen molar-refractivity contribution < 1.29 is 9.32 Å². The van der Waals surface area contributed by atoms with Gasteiger partial charge in [-0.2, -0.15) is 5.10 Å². The maximum atomic E-state index is 11.3. The largest absolute Gasteiger partial charge is 0.363 e. The van der Waals surface area contributed by atoms with Crippen molar-refractivity contribution in [1.82, 2.24) is 15.4 Å². The third kappa shape index (κ3) is 1.56. The van der Waals surface area contributed by atoms with Gasteiger partial charge in [0.25, 0.3) is 5.91 Å². The number of nitrogens with one attached hydrogen (secondary N) is 2. The number of amides is 1. The quantitative estimate of drug-likeness (QED) is 0.707. The Hall–Kier alpha value is -2.11. The fourth-order valence-electron chi connectivity index (χ4n) is 0.841. The summed E-state index contributed by atoms with van der Waals surface area (Å²) in [5, 5.41) is 12.2. The molecule has 0 bridgehead atoms. The molecule has 0 aliphatic rings. The zero-order chi connectivity index (χ0) is 9.10. The number of carbonyl (C=O) groups excluding carboxylic acids is 1. The van der Waals surface area contributed by atoms with Crippen molar-refractivity contribution in [2.45, 2.75) is 0 Å². The Kier molecular flexibility index (Phi) is 1.79. The van der Waals surface area contributed by atoms with Gasteiger partial charge >= 0.3 is 0 Å². The molecule has 0 aliphatic heterocycles. The van der Waals surface area contributed by atoms with E-state index in [4.69, 9.17) is 0 Å². The van der Waals surface area contributed by atoms with Crippen molar-refractivity contribution in [3.8, 4) is 0 Å². The van der Waals surface area contributed by atoms with E-state index >= 15 is 0 Å². The minimum atomic E-state index is -0.275. The second kappa shape index (κ2) is 3.10. The summed E-state index contributed by atoms with van der Waals surface area (Å²) in [6, 6.07) is 1.55. The SMILES string of the molecule is O=C(Nc1ccon1)c1cn[nH]c1. The van der Waals surface area contributed by atoms with E-state index in [9.17, 15) is 4.79 Å². The Balaban J connectivity index is 2.08. The molecule has 0 unspecified atom stereocenters. The van der Waals surface area contributed by atoms with Crippen molar-refractivity contribution in [1.29, 1.82) is 0 Å². The first kappa shape index (κ1) is 7.53. The monoisotopic (exact) mass is 178 g/mol. The summed E-state index contributed by atoms with van der Waals surface area (Å²) in [5.74, 6) is 0.105. The smallest absolute Gasteiger partial charge is 0.260 e. The fourth-order valence-corrected chi connectivity index (χ4v) is 0.841. The van der Waals surface area contributed by atoms with Crippen LogP contribution < -0.4 is 5.32 Å². The van der Waals surface area contributed by atoms with Crippen LogP contribution in [0.3, 0.4) is 0 Å². The lowest BCUT2D eigenvalue weighted by molar-refractivity contribution is 0.102. The predicted molar refractivity (Wildman–Crippen MR) is 43.0 cm³/mol. The number of rotatable bonds is 2. The third-order valence-electron chi connectivity index (χ3n) is 1.44. The van der Waals surface area contributed by atoms with Crippen molar-refractivity contribution >= 4 is 11.7 Å². The zero-order valence-corrected chi connectivity index (χ0v) is 6.52. The van der Waals surface area contributed by atoms with E-state index in [1.54, 1.807) is 6.07 Å². The van der Waals surface area contributed by atoms with Crippen LogP contribution in [0, 0.1) is 0 Å². The van der Waals surface area contributed by atoms with Gasteiger partial charge in [-0.3, -0.25) is 9.89 Å². The minimum Gasteiger partial charge on any atom is -0.363 e. The first-order chi connectivity index (χ1) is 6.36. The van der Waals surface area contributed by atoms with Gasteiger partial charge in [-0.25, -0.2) is 0 Å². The van der Waals surface area contributed by atoms with E-state index in [1.165, 1.54) is 18.7 Å². The molecule has 0 saturated carbocycles. The molecule has 0 aliphatic carbocycles. The average molecular weight is 178 g/mol.